The van der Waals surface area contributed by atoms with Gasteiger partial charge in [-0.2, -0.15) is 0 Å². The minimum Gasteiger partial charge on any atom is -0.384 e. The average Bonchev–Trinajstić information content (AvgIpc) is 2.46. The molecular formula is C17H28O2. The molecule has 0 bridgehead atoms. The lowest BCUT2D eigenvalue weighted by molar-refractivity contribution is 0.0438. The molecule has 0 heterocycles. The van der Waals surface area contributed by atoms with Crippen molar-refractivity contribution in [3.8, 4) is 0 Å². The molecule has 0 aromatic heterocycles. The summed E-state index contributed by atoms with van der Waals surface area (Å²) in [6, 6.07) is 10.6. The standard InChI is InChI=1S/C17H28O2/c1-5-15(6-2)12-17(13-18-3,14-19-4)16-10-8-7-9-11-16/h7-11,15H,5-6,12-14H2,1-4H3. The zero-order valence-electron chi connectivity index (χ0n) is 12.8. The van der Waals surface area contributed by atoms with Crippen LogP contribution in [0.5, 0.6) is 0 Å². The molecule has 0 saturated carbocycles. The van der Waals surface area contributed by atoms with E-state index in [1.54, 1.807) is 14.2 Å². The summed E-state index contributed by atoms with van der Waals surface area (Å²) in [6.45, 7) is 5.95. The van der Waals surface area contributed by atoms with E-state index < -0.39 is 0 Å². The Morgan fingerprint density at radius 2 is 1.47 bits per heavy atom. The van der Waals surface area contributed by atoms with Crippen molar-refractivity contribution < 1.29 is 9.47 Å². The summed E-state index contributed by atoms with van der Waals surface area (Å²) in [5, 5.41) is 0. The molecule has 0 radical (unpaired) electrons. The smallest absolute Gasteiger partial charge is 0.0581 e. The number of benzene rings is 1. The third-order valence-electron chi connectivity index (χ3n) is 4.06. The highest BCUT2D eigenvalue weighted by molar-refractivity contribution is 5.26. The summed E-state index contributed by atoms with van der Waals surface area (Å²) >= 11 is 0. The predicted molar refractivity (Wildman–Crippen MR) is 80.6 cm³/mol. The molecule has 0 unspecified atom stereocenters. The van der Waals surface area contributed by atoms with Crippen LogP contribution in [0.4, 0.5) is 0 Å². The molecule has 0 aliphatic rings. The second kappa shape index (κ2) is 8.34. The quantitative estimate of drug-likeness (QED) is 0.670. The maximum atomic E-state index is 5.52. The molecule has 1 aromatic carbocycles. The molecule has 2 nitrogen and oxygen atoms in total. The van der Waals surface area contributed by atoms with Crippen LogP contribution in [-0.2, 0) is 14.9 Å². The van der Waals surface area contributed by atoms with E-state index in [0.29, 0.717) is 19.1 Å². The Morgan fingerprint density at radius 3 is 1.89 bits per heavy atom. The van der Waals surface area contributed by atoms with Gasteiger partial charge in [0.15, 0.2) is 0 Å². The van der Waals surface area contributed by atoms with Crippen molar-refractivity contribution in [2.45, 2.75) is 38.5 Å². The van der Waals surface area contributed by atoms with Gasteiger partial charge < -0.3 is 9.47 Å². The molecule has 0 amide bonds. The van der Waals surface area contributed by atoms with Crippen LogP contribution in [0.2, 0.25) is 0 Å². The maximum absolute atomic E-state index is 5.52. The Bertz CT molecular complexity index is 324. The molecule has 108 valence electrons. The minimum atomic E-state index is -0.0263. The lowest BCUT2D eigenvalue weighted by Crippen LogP contribution is -2.38. The molecule has 0 saturated heterocycles. The van der Waals surface area contributed by atoms with Crippen LogP contribution in [0.1, 0.15) is 38.7 Å². The van der Waals surface area contributed by atoms with Crippen LogP contribution in [0.3, 0.4) is 0 Å². The molecule has 0 aliphatic carbocycles. The van der Waals surface area contributed by atoms with Gasteiger partial charge in [-0.3, -0.25) is 0 Å². The van der Waals surface area contributed by atoms with Gasteiger partial charge in [-0.1, -0.05) is 57.0 Å². The van der Waals surface area contributed by atoms with E-state index in [4.69, 9.17) is 9.47 Å². The normalized spacial score (nSPS) is 12.1. The van der Waals surface area contributed by atoms with Gasteiger partial charge in [-0.15, -0.1) is 0 Å². The molecule has 2 heteroatoms. The summed E-state index contributed by atoms with van der Waals surface area (Å²) in [5.74, 6) is 0.713. The van der Waals surface area contributed by atoms with Crippen molar-refractivity contribution in [1.29, 1.82) is 0 Å². The summed E-state index contributed by atoms with van der Waals surface area (Å²) in [5.41, 5.74) is 1.30. The number of hydrogen-bond acceptors (Lipinski definition) is 2. The zero-order chi connectivity index (χ0) is 14.1. The van der Waals surface area contributed by atoms with E-state index in [9.17, 15) is 0 Å². The van der Waals surface area contributed by atoms with Gasteiger partial charge in [0, 0.05) is 19.6 Å². The van der Waals surface area contributed by atoms with E-state index in [2.05, 4.69) is 44.2 Å². The lowest BCUT2D eigenvalue weighted by atomic mass is 9.73. The molecule has 0 atom stereocenters. The summed E-state index contributed by atoms with van der Waals surface area (Å²) in [6.07, 6.45) is 3.53. The van der Waals surface area contributed by atoms with Crippen molar-refractivity contribution >= 4 is 0 Å². The number of methoxy groups -OCH3 is 2. The minimum absolute atomic E-state index is 0.0263. The highest BCUT2D eigenvalue weighted by Crippen LogP contribution is 2.34. The number of ether oxygens (including phenoxy) is 2. The number of hydrogen-bond donors (Lipinski definition) is 0. The first-order valence-electron chi connectivity index (χ1n) is 7.25. The van der Waals surface area contributed by atoms with Crippen LogP contribution < -0.4 is 0 Å². The Labute approximate surface area is 118 Å². The largest absolute Gasteiger partial charge is 0.384 e. The maximum Gasteiger partial charge on any atom is 0.0581 e. The molecule has 1 rings (SSSR count). The van der Waals surface area contributed by atoms with E-state index in [-0.39, 0.29) is 5.41 Å². The molecular weight excluding hydrogens is 236 g/mol. The monoisotopic (exact) mass is 264 g/mol. The van der Waals surface area contributed by atoms with Crippen molar-refractivity contribution in [2.75, 3.05) is 27.4 Å². The van der Waals surface area contributed by atoms with E-state index in [0.717, 1.165) is 6.42 Å². The van der Waals surface area contributed by atoms with Gasteiger partial charge in [0.05, 0.1) is 13.2 Å². The first-order chi connectivity index (χ1) is 9.22. The van der Waals surface area contributed by atoms with Crippen LogP contribution in [0.15, 0.2) is 30.3 Å². The van der Waals surface area contributed by atoms with Crippen LogP contribution in [0.25, 0.3) is 0 Å². The second-order valence-electron chi connectivity index (χ2n) is 5.40. The molecule has 0 fully saturated rings. The fourth-order valence-electron chi connectivity index (χ4n) is 2.92. The summed E-state index contributed by atoms with van der Waals surface area (Å²) < 4.78 is 11.0. The molecule has 0 aliphatic heterocycles. The number of rotatable bonds is 9. The van der Waals surface area contributed by atoms with E-state index in [1.165, 1.54) is 18.4 Å². The summed E-state index contributed by atoms with van der Waals surface area (Å²) in [4.78, 5) is 0. The van der Waals surface area contributed by atoms with Crippen LogP contribution in [-0.4, -0.2) is 27.4 Å². The van der Waals surface area contributed by atoms with Crippen molar-refractivity contribution in [2.24, 2.45) is 5.92 Å². The van der Waals surface area contributed by atoms with Crippen molar-refractivity contribution in [3.63, 3.8) is 0 Å². The van der Waals surface area contributed by atoms with Gasteiger partial charge >= 0.3 is 0 Å². The third kappa shape index (κ3) is 4.32. The van der Waals surface area contributed by atoms with Gasteiger partial charge in [0.2, 0.25) is 0 Å². The molecule has 1 aromatic rings. The third-order valence-corrected chi connectivity index (χ3v) is 4.06. The van der Waals surface area contributed by atoms with E-state index >= 15 is 0 Å². The Kier molecular flexibility index (Phi) is 7.11. The Morgan fingerprint density at radius 1 is 0.947 bits per heavy atom. The summed E-state index contributed by atoms with van der Waals surface area (Å²) in [7, 11) is 3.56. The van der Waals surface area contributed by atoms with Crippen LogP contribution >= 0.6 is 0 Å². The van der Waals surface area contributed by atoms with Gasteiger partial charge in [0.1, 0.15) is 0 Å². The fourth-order valence-corrected chi connectivity index (χ4v) is 2.92. The molecule has 0 spiro atoms. The Balaban J connectivity index is 3.06. The van der Waals surface area contributed by atoms with E-state index in [1.807, 2.05) is 0 Å². The highest BCUT2D eigenvalue weighted by atomic mass is 16.5. The van der Waals surface area contributed by atoms with Gasteiger partial charge in [0.25, 0.3) is 0 Å². The van der Waals surface area contributed by atoms with Crippen molar-refractivity contribution in [1.82, 2.24) is 0 Å². The van der Waals surface area contributed by atoms with Crippen molar-refractivity contribution in [3.05, 3.63) is 35.9 Å². The SMILES string of the molecule is CCC(CC)CC(COC)(COC)c1ccccc1. The first-order valence-corrected chi connectivity index (χ1v) is 7.25. The van der Waals surface area contributed by atoms with Gasteiger partial charge in [-0.05, 0) is 17.9 Å². The Hall–Kier alpha value is -0.860. The van der Waals surface area contributed by atoms with Crippen LogP contribution in [0, 0.1) is 5.92 Å². The molecule has 19 heavy (non-hydrogen) atoms. The lowest BCUT2D eigenvalue weighted by Gasteiger charge is -2.36. The fraction of sp³-hybridized carbons (Fsp3) is 0.647. The zero-order valence-corrected chi connectivity index (χ0v) is 12.8. The highest BCUT2D eigenvalue weighted by Gasteiger charge is 2.34. The van der Waals surface area contributed by atoms with Gasteiger partial charge in [-0.25, -0.2) is 0 Å². The first kappa shape index (κ1) is 16.2. The second-order valence-corrected chi connectivity index (χ2v) is 5.40. The molecule has 0 N–H and O–H groups in total. The average molecular weight is 264 g/mol. The topological polar surface area (TPSA) is 18.5 Å². The predicted octanol–water partition coefficient (Wildman–Crippen LogP) is 4.04.